The third kappa shape index (κ3) is 3.91. The van der Waals surface area contributed by atoms with Crippen LogP contribution in [0.1, 0.15) is 5.82 Å². The zero-order chi connectivity index (χ0) is 26.3. The van der Waals surface area contributed by atoms with Gasteiger partial charge in [0.05, 0.1) is 38.9 Å². The van der Waals surface area contributed by atoms with Gasteiger partial charge >= 0.3 is 0 Å². The summed E-state index contributed by atoms with van der Waals surface area (Å²) < 4.78 is 4.86. The van der Waals surface area contributed by atoms with E-state index < -0.39 is 0 Å². The molecule has 39 heavy (non-hydrogen) atoms. The Kier molecular flexibility index (Phi) is 5.56. The van der Waals surface area contributed by atoms with E-state index in [0.29, 0.717) is 44.3 Å². The second-order valence-corrected chi connectivity index (χ2v) is 9.85. The fourth-order valence-electron chi connectivity index (χ4n) is 4.70. The smallest absolute Gasteiger partial charge is 0.268 e. The molecule has 0 spiro atoms. The van der Waals surface area contributed by atoms with Crippen LogP contribution in [0.4, 0.5) is 0 Å². The predicted molar refractivity (Wildman–Crippen MR) is 153 cm³/mol. The Morgan fingerprint density at radius 3 is 1.79 bits per heavy atom. The maximum absolute atomic E-state index is 13.6. The lowest BCUT2D eigenvalue weighted by Crippen LogP contribution is -2.21. The highest BCUT2D eigenvalue weighted by Crippen LogP contribution is 2.26. The Labute approximate surface area is 225 Å². The standard InChI is InChI=1S/C30H20N6O2S/c37-27-22-15-7-10-18-25(22)32-30(35(27)21-13-5-2-6-14-21)39-19-26-33-36-28(38)23-16-8-9-17-24(23)31-29(36)34(26)20-11-3-1-4-12-20/h1-18H,19H2. The fourth-order valence-corrected chi connectivity index (χ4v) is 5.63. The van der Waals surface area contributed by atoms with E-state index in [2.05, 4.69) is 0 Å². The summed E-state index contributed by atoms with van der Waals surface area (Å²) in [5.41, 5.74) is 2.41. The van der Waals surface area contributed by atoms with E-state index in [4.69, 9.17) is 15.1 Å². The first kappa shape index (κ1) is 23.1. The molecule has 3 aromatic heterocycles. The van der Waals surface area contributed by atoms with Gasteiger partial charge < -0.3 is 0 Å². The zero-order valence-corrected chi connectivity index (χ0v) is 21.3. The summed E-state index contributed by atoms with van der Waals surface area (Å²) in [5, 5.41) is 6.29. The number of thioether (sulfide) groups is 1. The van der Waals surface area contributed by atoms with E-state index in [1.807, 2.05) is 102 Å². The summed E-state index contributed by atoms with van der Waals surface area (Å²) in [6, 6.07) is 33.7. The van der Waals surface area contributed by atoms with Crippen LogP contribution in [0.15, 0.2) is 124 Å². The average molecular weight is 529 g/mol. The molecular weight excluding hydrogens is 508 g/mol. The van der Waals surface area contributed by atoms with Crippen LogP contribution in [0.25, 0.3) is 39.0 Å². The lowest BCUT2D eigenvalue weighted by Gasteiger charge is -2.13. The van der Waals surface area contributed by atoms with Gasteiger partial charge in [0.1, 0.15) is 5.82 Å². The van der Waals surface area contributed by atoms with Crippen molar-refractivity contribution in [2.75, 3.05) is 0 Å². The minimum Gasteiger partial charge on any atom is -0.268 e. The number of aromatic nitrogens is 6. The minimum atomic E-state index is -0.235. The molecule has 0 amide bonds. The first-order valence-electron chi connectivity index (χ1n) is 12.3. The SMILES string of the molecule is O=c1c2ccccc2nc(SCc2nn3c(=O)c4ccccc4nc3n2-c2ccccc2)n1-c1ccccc1. The second kappa shape index (κ2) is 9.38. The molecule has 0 aliphatic rings. The summed E-state index contributed by atoms with van der Waals surface area (Å²) >= 11 is 1.38. The Morgan fingerprint density at radius 2 is 1.13 bits per heavy atom. The molecule has 0 aliphatic heterocycles. The molecular formula is C30H20N6O2S. The molecule has 8 nitrogen and oxygen atoms in total. The zero-order valence-electron chi connectivity index (χ0n) is 20.5. The van der Waals surface area contributed by atoms with Gasteiger partial charge in [-0.3, -0.25) is 18.7 Å². The largest absolute Gasteiger partial charge is 0.283 e. The summed E-state index contributed by atoms with van der Waals surface area (Å²) in [7, 11) is 0. The van der Waals surface area contributed by atoms with E-state index in [-0.39, 0.29) is 11.1 Å². The number of benzene rings is 4. The van der Waals surface area contributed by atoms with Gasteiger partial charge in [-0.15, -0.1) is 5.10 Å². The van der Waals surface area contributed by atoms with Crippen LogP contribution in [0.3, 0.4) is 0 Å². The van der Waals surface area contributed by atoms with Gasteiger partial charge in [-0.25, -0.2) is 9.97 Å². The van der Waals surface area contributed by atoms with Crippen LogP contribution < -0.4 is 11.1 Å². The van der Waals surface area contributed by atoms with Crippen LogP contribution in [0.2, 0.25) is 0 Å². The number of hydrogen-bond donors (Lipinski definition) is 0. The summed E-state index contributed by atoms with van der Waals surface area (Å²) in [4.78, 5) is 36.6. The Hall–Kier alpha value is -5.02. The molecule has 0 N–H and O–H groups in total. The first-order chi connectivity index (χ1) is 19.2. The van der Waals surface area contributed by atoms with Gasteiger partial charge in [-0.1, -0.05) is 72.4 Å². The highest BCUT2D eigenvalue weighted by atomic mass is 32.2. The summed E-state index contributed by atoms with van der Waals surface area (Å²) in [6.07, 6.45) is 0. The first-order valence-corrected chi connectivity index (χ1v) is 13.3. The van der Waals surface area contributed by atoms with Gasteiger partial charge in [-0.05, 0) is 48.5 Å². The number of rotatable bonds is 5. The van der Waals surface area contributed by atoms with E-state index in [1.54, 1.807) is 16.7 Å². The third-order valence-electron chi connectivity index (χ3n) is 6.51. The van der Waals surface area contributed by atoms with E-state index in [0.717, 1.165) is 11.4 Å². The molecule has 0 unspecified atom stereocenters. The van der Waals surface area contributed by atoms with Gasteiger partial charge in [0.25, 0.3) is 11.1 Å². The molecule has 0 atom stereocenters. The maximum atomic E-state index is 13.6. The second-order valence-electron chi connectivity index (χ2n) is 8.91. The summed E-state index contributed by atoms with van der Waals surface area (Å²) in [6.45, 7) is 0. The van der Waals surface area contributed by atoms with Crippen molar-refractivity contribution in [2.24, 2.45) is 0 Å². The maximum Gasteiger partial charge on any atom is 0.283 e. The lowest BCUT2D eigenvalue weighted by molar-refractivity contribution is 0.816. The van der Waals surface area contributed by atoms with Gasteiger partial charge in [-0.2, -0.15) is 4.52 Å². The van der Waals surface area contributed by atoms with Crippen molar-refractivity contribution in [1.82, 2.24) is 28.7 Å². The van der Waals surface area contributed by atoms with E-state index >= 15 is 0 Å². The number of hydrogen-bond acceptors (Lipinski definition) is 6. The molecule has 0 saturated heterocycles. The molecule has 0 saturated carbocycles. The Morgan fingerprint density at radius 1 is 0.590 bits per heavy atom. The normalized spacial score (nSPS) is 11.5. The van der Waals surface area contributed by atoms with Crippen LogP contribution >= 0.6 is 11.8 Å². The van der Waals surface area contributed by atoms with Crippen molar-refractivity contribution in [1.29, 1.82) is 0 Å². The van der Waals surface area contributed by atoms with Crippen LogP contribution in [-0.2, 0) is 5.75 Å². The predicted octanol–water partition coefficient (Wildman–Crippen LogP) is 5.02. The van der Waals surface area contributed by atoms with Crippen molar-refractivity contribution in [3.63, 3.8) is 0 Å². The molecule has 0 radical (unpaired) electrons. The van der Waals surface area contributed by atoms with Crippen LogP contribution in [-0.4, -0.2) is 28.7 Å². The number of nitrogens with zero attached hydrogens (tertiary/aromatic N) is 6. The van der Waals surface area contributed by atoms with Gasteiger partial charge in [0.15, 0.2) is 5.16 Å². The van der Waals surface area contributed by atoms with Crippen molar-refractivity contribution >= 4 is 39.3 Å². The van der Waals surface area contributed by atoms with Crippen molar-refractivity contribution in [3.05, 3.63) is 136 Å². The quantitative estimate of drug-likeness (QED) is 0.230. The van der Waals surface area contributed by atoms with Crippen LogP contribution in [0.5, 0.6) is 0 Å². The highest BCUT2D eigenvalue weighted by molar-refractivity contribution is 7.98. The van der Waals surface area contributed by atoms with E-state index in [9.17, 15) is 9.59 Å². The third-order valence-corrected chi connectivity index (χ3v) is 7.45. The molecule has 0 fully saturated rings. The Bertz CT molecular complexity index is 2120. The monoisotopic (exact) mass is 528 g/mol. The van der Waals surface area contributed by atoms with Crippen LogP contribution in [0, 0.1) is 0 Å². The van der Waals surface area contributed by atoms with Crippen molar-refractivity contribution in [2.45, 2.75) is 10.9 Å². The molecule has 4 aromatic carbocycles. The van der Waals surface area contributed by atoms with Gasteiger partial charge in [0, 0.05) is 0 Å². The molecule has 7 aromatic rings. The van der Waals surface area contributed by atoms with Crippen molar-refractivity contribution in [3.8, 4) is 11.4 Å². The fraction of sp³-hybridized carbons (Fsp3) is 0.0333. The molecule has 3 heterocycles. The summed E-state index contributed by atoms with van der Waals surface area (Å²) in [5.74, 6) is 1.37. The number of fused-ring (bicyclic) bond motifs is 3. The molecule has 0 aliphatic carbocycles. The lowest BCUT2D eigenvalue weighted by atomic mass is 10.2. The average Bonchev–Trinajstić information content (AvgIpc) is 3.36. The van der Waals surface area contributed by atoms with E-state index in [1.165, 1.54) is 16.3 Å². The molecule has 7 rings (SSSR count). The Balaban J connectivity index is 1.42. The van der Waals surface area contributed by atoms with Crippen molar-refractivity contribution < 1.29 is 0 Å². The molecule has 9 heteroatoms. The minimum absolute atomic E-state index is 0.144. The number of para-hydroxylation sites is 4. The molecule has 0 bridgehead atoms. The topological polar surface area (TPSA) is 87.1 Å². The highest BCUT2D eigenvalue weighted by Gasteiger charge is 2.19. The van der Waals surface area contributed by atoms with Gasteiger partial charge in [0.2, 0.25) is 5.78 Å². The molecule has 188 valence electrons.